The number of aromatic nitrogens is 2. The number of aryl methyl sites for hydroxylation is 1. The number of hydrogen-bond acceptors (Lipinski definition) is 7. The number of fused-ring (bicyclic) bond motifs is 3. The SMILES string of the molecule is C[C@@H]1CCc2c(sc3nc(C[NH+]4CCOCC4)nc(Oc4ccc([N+](=O)[O-])cc4)c23)C1. The topological polar surface area (TPSA) is 91.8 Å². The van der Waals surface area contributed by atoms with Crippen LogP contribution < -0.4 is 9.64 Å². The molecule has 1 fully saturated rings. The third-order valence-electron chi connectivity index (χ3n) is 6.04. The minimum atomic E-state index is -0.410. The molecule has 0 unspecified atom stereocenters. The van der Waals surface area contributed by atoms with Crippen molar-refractivity contribution in [2.45, 2.75) is 32.7 Å². The molecule has 2 aromatic heterocycles. The molecule has 1 aliphatic heterocycles. The van der Waals surface area contributed by atoms with Crippen molar-refractivity contribution in [1.29, 1.82) is 0 Å². The third kappa shape index (κ3) is 4.26. The largest absolute Gasteiger partial charge is 0.438 e. The van der Waals surface area contributed by atoms with E-state index < -0.39 is 4.92 Å². The van der Waals surface area contributed by atoms with Crippen molar-refractivity contribution in [3.8, 4) is 11.6 Å². The van der Waals surface area contributed by atoms with Gasteiger partial charge in [0.05, 0.1) is 23.5 Å². The van der Waals surface area contributed by atoms with Gasteiger partial charge in [0.25, 0.3) is 5.69 Å². The van der Waals surface area contributed by atoms with Gasteiger partial charge in [0.15, 0.2) is 5.82 Å². The van der Waals surface area contributed by atoms with E-state index in [1.54, 1.807) is 23.5 Å². The zero-order valence-corrected chi connectivity index (χ0v) is 18.2. The molecule has 1 saturated heterocycles. The molecule has 162 valence electrons. The van der Waals surface area contributed by atoms with Gasteiger partial charge < -0.3 is 14.4 Å². The third-order valence-corrected chi connectivity index (χ3v) is 7.19. The van der Waals surface area contributed by atoms with Crippen molar-refractivity contribution < 1.29 is 19.3 Å². The molecule has 1 aromatic carbocycles. The second-order valence-electron chi connectivity index (χ2n) is 8.37. The van der Waals surface area contributed by atoms with Crippen LogP contribution in [0.15, 0.2) is 24.3 Å². The number of nitro benzene ring substituents is 1. The van der Waals surface area contributed by atoms with Crippen molar-refractivity contribution in [2.75, 3.05) is 26.3 Å². The van der Waals surface area contributed by atoms with E-state index in [2.05, 4.69) is 6.92 Å². The monoisotopic (exact) mass is 441 g/mol. The molecular weight excluding hydrogens is 416 g/mol. The first kappa shape index (κ1) is 20.3. The Bertz CT molecular complexity index is 1110. The molecule has 3 heterocycles. The summed E-state index contributed by atoms with van der Waals surface area (Å²) >= 11 is 1.76. The van der Waals surface area contributed by atoms with Crippen molar-refractivity contribution in [3.63, 3.8) is 0 Å². The Hall–Kier alpha value is -2.62. The lowest BCUT2D eigenvalue weighted by atomic mass is 9.89. The summed E-state index contributed by atoms with van der Waals surface area (Å²) in [7, 11) is 0. The van der Waals surface area contributed by atoms with E-state index in [1.165, 1.54) is 27.5 Å². The summed E-state index contributed by atoms with van der Waals surface area (Å²) in [6.45, 7) is 6.43. The normalized spacial score (nSPS) is 19.3. The Labute approximate surface area is 184 Å². The number of quaternary nitrogens is 1. The number of non-ortho nitro benzene ring substituents is 1. The minimum absolute atomic E-state index is 0.0405. The first-order valence-corrected chi connectivity index (χ1v) is 11.5. The van der Waals surface area contributed by atoms with Gasteiger partial charge in [-0.05, 0) is 42.9 Å². The second-order valence-corrected chi connectivity index (χ2v) is 9.45. The molecule has 3 aromatic rings. The first-order valence-electron chi connectivity index (χ1n) is 10.7. The zero-order valence-electron chi connectivity index (χ0n) is 17.4. The number of ether oxygens (including phenoxy) is 2. The van der Waals surface area contributed by atoms with Gasteiger partial charge in [0.2, 0.25) is 5.88 Å². The summed E-state index contributed by atoms with van der Waals surface area (Å²) in [6.07, 6.45) is 3.22. The molecule has 0 saturated carbocycles. The quantitative estimate of drug-likeness (QED) is 0.484. The van der Waals surface area contributed by atoms with E-state index >= 15 is 0 Å². The van der Waals surface area contributed by atoms with Crippen molar-refractivity contribution >= 4 is 27.2 Å². The van der Waals surface area contributed by atoms with E-state index in [4.69, 9.17) is 19.4 Å². The molecule has 2 aliphatic rings. The van der Waals surface area contributed by atoms with Crippen LogP contribution in [0.4, 0.5) is 5.69 Å². The average molecular weight is 442 g/mol. The fourth-order valence-electron chi connectivity index (χ4n) is 4.31. The predicted molar refractivity (Wildman–Crippen MR) is 117 cm³/mol. The lowest BCUT2D eigenvalue weighted by molar-refractivity contribution is -0.922. The standard InChI is InChI=1S/C22H24N4O4S/c1-14-2-7-17-18(12-14)31-22-20(17)21(30-16-5-3-15(4-6-16)26(27)28)23-19(24-22)13-25-8-10-29-11-9-25/h3-6,14H,2,7-13H2,1H3/p+1/t14-/m1/s1. The Kier molecular flexibility index (Phi) is 5.56. The zero-order chi connectivity index (χ0) is 21.4. The van der Waals surface area contributed by atoms with Crippen LogP contribution in [-0.2, 0) is 24.1 Å². The summed E-state index contributed by atoms with van der Waals surface area (Å²) in [6, 6.07) is 6.16. The van der Waals surface area contributed by atoms with E-state index in [0.717, 1.165) is 68.2 Å². The Morgan fingerprint density at radius 2 is 2.03 bits per heavy atom. The van der Waals surface area contributed by atoms with Crippen molar-refractivity contribution in [3.05, 3.63) is 50.6 Å². The number of hydrogen-bond donors (Lipinski definition) is 1. The fourth-order valence-corrected chi connectivity index (χ4v) is 5.70. The highest BCUT2D eigenvalue weighted by Gasteiger charge is 2.26. The summed E-state index contributed by atoms with van der Waals surface area (Å²) < 4.78 is 11.7. The number of nitrogens with zero attached hydrogens (tertiary/aromatic N) is 3. The van der Waals surface area contributed by atoms with E-state index in [0.29, 0.717) is 17.5 Å². The lowest BCUT2D eigenvalue weighted by Gasteiger charge is -2.23. The maximum absolute atomic E-state index is 11.0. The molecule has 0 bridgehead atoms. The highest BCUT2D eigenvalue weighted by Crippen LogP contribution is 2.41. The highest BCUT2D eigenvalue weighted by molar-refractivity contribution is 7.18. The molecule has 5 rings (SSSR count). The van der Waals surface area contributed by atoms with E-state index in [-0.39, 0.29) is 5.69 Å². The van der Waals surface area contributed by atoms with Gasteiger partial charge in [-0.25, -0.2) is 4.98 Å². The highest BCUT2D eigenvalue weighted by atomic mass is 32.1. The number of benzene rings is 1. The van der Waals surface area contributed by atoms with Crippen LogP contribution in [0.25, 0.3) is 10.2 Å². The predicted octanol–water partition coefficient (Wildman–Crippen LogP) is 2.93. The molecule has 1 atom stereocenters. The van der Waals surface area contributed by atoms with Gasteiger partial charge in [-0.2, -0.15) is 4.98 Å². The Morgan fingerprint density at radius 3 is 2.77 bits per heavy atom. The smallest absolute Gasteiger partial charge is 0.269 e. The van der Waals surface area contributed by atoms with Crippen LogP contribution in [-0.4, -0.2) is 41.2 Å². The number of morpholine rings is 1. The van der Waals surface area contributed by atoms with Crippen molar-refractivity contribution in [1.82, 2.24) is 9.97 Å². The molecule has 8 nitrogen and oxygen atoms in total. The van der Waals surface area contributed by atoms with Crippen LogP contribution in [0.2, 0.25) is 0 Å². The maximum Gasteiger partial charge on any atom is 0.269 e. The molecular formula is C22H25N4O4S+. The Balaban J connectivity index is 1.53. The van der Waals surface area contributed by atoms with Crippen LogP contribution in [0.5, 0.6) is 11.6 Å². The summed E-state index contributed by atoms with van der Waals surface area (Å²) in [5.41, 5.74) is 1.35. The van der Waals surface area contributed by atoms with Crippen LogP contribution in [0, 0.1) is 16.0 Å². The van der Waals surface area contributed by atoms with Gasteiger partial charge in [0, 0.05) is 17.0 Å². The molecule has 1 N–H and O–H groups in total. The van der Waals surface area contributed by atoms with Gasteiger partial charge in [-0.1, -0.05) is 6.92 Å². The summed E-state index contributed by atoms with van der Waals surface area (Å²) in [5, 5.41) is 12.0. The van der Waals surface area contributed by atoms with Gasteiger partial charge in [-0.3, -0.25) is 10.1 Å². The fraction of sp³-hybridized carbons (Fsp3) is 0.455. The lowest BCUT2D eigenvalue weighted by Crippen LogP contribution is -3.12. The van der Waals surface area contributed by atoms with Crippen LogP contribution >= 0.6 is 11.3 Å². The summed E-state index contributed by atoms with van der Waals surface area (Å²) in [4.78, 5) is 24.1. The van der Waals surface area contributed by atoms with Crippen LogP contribution in [0.1, 0.15) is 29.6 Å². The van der Waals surface area contributed by atoms with E-state index in [9.17, 15) is 10.1 Å². The van der Waals surface area contributed by atoms with Gasteiger partial charge in [-0.15, -0.1) is 11.3 Å². The average Bonchev–Trinajstić information content (AvgIpc) is 3.12. The molecule has 0 spiro atoms. The van der Waals surface area contributed by atoms with Crippen molar-refractivity contribution in [2.24, 2.45) is 5.92 Å². The summed E-state index contributed by atoms with van der Waals surface area (Å²) in [5.74, 6) is 2.55. The maximum atomic E-state index is 11.0. The number of nitro groups is 1. The molecule has 0 amide bonds. The molecule has 1 aliphatic carbocycles. The molecule has 9 heteroatoms. The Morgan fingerprint density at radius 1 is 1.26 bits per heavy atom. The first-order chi connectivity index (χ1) is 15.1. The number of thiophene rings is 1. The second kappa shape index (κ2) is 8.49. The van der Waals surface area contributed by atoms with Gasteiger partial charge in [0.1, 0.15) is 30.2 Å². The molecule has 0 radical (unpaired) electrons. The van der Waals surface area contributed by atoms with E-state index in [1.807, 2.05) is 0 Å². The number of nitrogens with one attached hydrogen (secondary N) is 1. The van der Waals surface area contributed by atoms with Crippen LogP contribution in [0.3, 0.4) is 0 Å². The molecule has 31 heavy (non-hydrogen) atoms. The van der Waals surface area contributed by atoms with Gasteiger partial charge >= 0.3 is 0 Å². The minimum Gasteiger partial charge on any atom is -0.438 e. The number of rotatable bonds is 5.